The van der Waals surface area contributed by atoms with Gasteiger partial charge in [-0.2, -0.15) is 0 Å². The van der Waals surface area contributed by atoms with Crippen LogP contribution in [0.4, 0.5) is 10.2 Å². The highest BCUT2D eigenvalue weighted by molar-refractivity contribution is 6.29. The highest BCUT2D eigenvalue weighted by Crippen LogP contribution is 2.26. The Kier molecular flexibility index (Phi) is 15.6. The average molecular weight is 709 g/mol. The number of ether oxygens (including phenoxy) is 1. The van der Waals surface area contributed by atoms with Crippen LogP contribution in [0.1, 0.15) is 30.9 Å². The molecule has 2 aromatic heterocycles. The second-order valence-corrected chi connectivity index (χ2v) is 12.6. The van der Waals surface area contributed by atoms with Gasteiger partial charge in [-0.3, -0.25) is 4.90 Å². The standard InChI is InChI=1S/C14H14ClFO.C14H12N4O.C13H20N2/c1-3-4-8-14(11(2)15)17-10-12-6-5-7-13(16)9-12;15-14-12-7-10(1-2-13(12)16-9-17-14)11-3-4-18(8-11)5-6-19;1-14-13-7-9-15(10-8-13)11-12-5-3-2-4-6-12/h3-9H,1,10H2,2H3;1-4,6-9H,5H2,(H2,15,16,17);2-6,13-14H,7-11H2,1H3/b8-4-,14-11-;;. The lowest BCUT2D eigenvalue weighted by molar-refractivity contribution is -0.108. The van der Waals surface area contributed by atoms with E-state index < -0.39 is 0 Å². The maximum atomic E-state index is 12.9. The molecular weight excluding hydrogens is 663 g/mol. The molecule has 0 radical (unpaired) electrons. The number of benzene rings is 3. The molecule has 0 bridgehead atoms. The van der Waals surface area contributed by atoms with Crippen LogP contribution in [0.3, 0.4) is 0 Å². The van der Waals surface area contributed by atoms with Crippen LogP contribution in [0.2, 0.25) is 0 Å². The number of nitrogens with zero attached hydrogens (tertiary/aromatic N) is 4. The molecule has 3 heterocycles. The predicted octanol–water partition coefficient (Wildman–Crippen LogP) is 8.30. The minimum atomic E-state index is -0.277. The molecule has 266 valence electrons. The summed E-state index contributed by atoms with van der Waals surface area (Å²) < 4.78 is 20.3. The summed E-state index contributed by atoms with van der Waals surface area (Å²) in [6.45, 7) is 9.49. The normalized spacial score (nSPS) is 13.8. The highest BCUT2D eigenvalue weighted by atomic mass is 35.5. The molecule has 6 rings (SSSR count). The first kappa shape index (κ1) is 38.7. The van der Waals surface area contributed by atoms with Crippen molar-refractivity contribution in [1.29, 1.82) is 0 Å². The number of anilines is 1. The van der Waals surface area contributed by atoms with Gasteiger partial charge in [-0.15, -0.1) is 0 Å². The molecule has 3 aromatic carbocycles. The molecule has 51 heavy (non-hydrogen) atoms. The number of rotatable bonds is 11. The summed E-state index contributed by atoms with van der Waals surface area (Å²) in [5.41, 5.74) is 10.9. The minimum Gasteiger partial charge on any atom is -0.488 e. The van der Waals surface area contributed by atoms with E-state index in [2.05, 4.69) is 64.1 Å². The summed E-state index contributed by atoms with van der Waals surface area (Å²) in [6.07, 6.45) is 13.8. The van der Waals surface area contributed by atoms with Crippen molar-refractivity contribution in [2.75, 3.05) is 25.9 Å². The van der Waals surface area contributed by atoms with E-state index in [1.54, 1.807) is 37.3 Å². The van der Waals surface area contributed by atoms with Crippen LogP contribution in [-0.4, -0.2) is 51.9 Å². The molecule has 1 aliphatic rings. The number of carbonyl (C=O) groups is 1. The summed E-state index contributed by atoms with van der Waals surface area (Å²) in [6, 6.07) is 25.6. The Morgan fingerprint density at radius 3 is 2.49 bits per heavy atom. The minimum absolute atomic E-state index is 0.276. The molecule has 8 nitrogen and oxygen atoms in total. The molecule has 0 aliphatic carbocycles. The maximum absolute atomic E-state index is 12.9. The van der Waals surface area contributed by atoms with Crippen LogP contribution in [0.5, 0.6) is 0 Å². The summed E-state index contributed by atoms with van der Waals surface area (Å²) in [7, 11) is 2.07. The number of hydrogen-bond donors (Lipinski definition) is 2. The lowest BCUT2D eigenvalue weighted by Gasteiger charge is -2.31. The third-order valence-electron chi connectivity index (χ3n) is 8.29. The molecule has 0 amide bonds. The third kappa shape index (κ3) is 12.6. The smallest absolute Gasteiger partial charge is 0.139 e. The number of allylic oxidation sites excluding steroid dienone is 4. The molecule has 5 aromatic rings. The van der Waals surface area contributed by atoms with E-state index in [0.717, 1.165) is 46.5 Å². The third-order valence-corrected chi connectivity index (χ3v) is 8.47. The van der Waals surface area contributed by atoms with Crippen LogP contribution in [0.15, 0.2) is 133 Å². The molecule has 1 fully saturated rings. The number of likely N-dealkylation sites (tertiary alicyclic amines) is 1. The van der Waals surface area contributed by atoms with Gasteiger partial charge in [0.05, 0.1) is 17.1 Å². The van der Waals surface area contributed by atoms with Crippen LogP contribution in [0, 0.1) is 5.82 Å². The molecule has 0 atom stereocenters. The maximum Gasteiger partial charge on any atom is 0.139 e. The fraction of sp³-hybridized carbons (Fsp3) is 0.244. The van der Waals surface area contributed by atoms with Crippen LogP contribution in [0.25, 0.3) is 22.0 Å². The van der Waals surface area contributed by atoms with E-state index in [9.17, 15) is 9.18 Å². The van der Waals surface area contributed by atoms with Crippen molar-refractivity contribution < 1.29 is 13.9 Å². The lowest BCUT2D eigenvalue weighted by atomic mass is 10.0. The van der Waals surface area contributed by atoms with Gasteiger partial charge in [0.2, 0.25) is 0 Å². The summed E-state index contributed by atoms with van der Waals surface area (Å²) in [5, 5.41) is 4.74. The van der Waals surface area contributed by atoms with Crippen molar-refractivity contribution in [1.82, 2.24) is 24.8 Å². The Morgan fingerprint density at radius 1 is 1.04 bits per heavy atom. The van der Waals surface area contributed by atoms with Crippen LogP contribution >= 0.6 is 11.6 Å². The number of nitrogens with two attached hydrogens (primary N) is 1. The van der Waals surface area contributed by atoms with E-state index >= 15 is 0 Å². The van der Waals surface area contributed by atoms with Crippen molar-refractivity contribution in [3.05, 3.63) is 150 Å². The fourth-order valence-corrected chi connectivity index (χ4v) is 5.61. The van der Waals surface area contributed by atoms with E-state index in [-0.39, 0.29) is 12.4 Å². The zero-order valence-corrected chi connectivity index (χ0v) is 30.0. The summed E-state index contributed by atoms with van der Waals surface area (Å²) in [5.74, 6) is 0.746. The van der Waals surface area contributed by atoms with Crippen molar-refractivity contribution in [3.63, 3.8) is 0 Å². The van der Waals surface area contributed by atoms with Crippen molar-refractivity contribution >= 4 is 34.6 Å². The predicted molar refractivity (Wildman–Crippen MR) is 206 cm³/mol. The average Bonchev–Trinajstić information content (AvgIpc) is 3.62. The molecule has 1 saturated heterocycles. The Balaban J connectivity index is 0.000000173. The lowest BCUT2D eigenvalue weighted by Crippen LogP contribution is -2.40. The van der Waals surface area contributed by atoms with Gasteiger partial charge < -0.3 is 25.1 Å². The monoisotopic (exact) mass is 708 g/mol. The van der Waals surface area contributed by atoms with Crippen molar-refractivity contribution in [2.45, 2.75) is 45.5 Å². The number of halogens is 2. The quantitative estimate of drug-likeness (QED) is 0.0809. The fourth-order valence-electron chi connectivity index (χ4n) is 5.49. The Bertz CT molecular complexity index is 1900. The van der Waals surface area contributed by atoms with Crippen molar-refractivity contribution in [2.24, 2.45) is 0 Å². The molecule has 0 spiro atoms. The number of piperidine rings is 1. The topological polar surface area (TPSA) is 98.3 Å². The highest BCUT2D eigenvalue weighted by Gasteiger charge is 2.17. The van der Waals surface area contributed by atoms with Crippen LogP contribution < -0.4 is 11.1 Å². The molecule has 10 heteroatoms. The molecule has 0 unspecified atom stereocenters. The Morgan fingerprint density at radius 2 is 1.80 bits per heavy atom. The SMILES string of the molecule is C=C/C=C\C(OCc1cccc(F)c1)=C(/C)Cl.CNC1CCN(Cc2ccccc2)CC1.Nc1ncnc2ccc(-c3ccn(CC=O)c3)cc12. The van der Waals surface area contributed by atoms with Gasteiger partial charge in [0.1, 0.15) is 36.6 Å². The van der Waals surface area contributed by atoms with Gasteiger partial charge >= 0.3 is 0 Å². The summed E-state index contributed by atoms with van der Waals surface area (Å²) in [4.78, 5) is 21.2. The number of fused-ring (bicyclic) bond motifs is 1. The van der Waals surface area contributed by atoms with Gasteiger partial charge in [-0.05, 0) is 98.6 Å². The zero-order chi connectivity index (χ0) is 36.4. The molecule has 0 saturated carbocycles. The molecule has 1 aliphatic heterocycles. The Hall–Kier alpha value is -5.09. The van der Waals surface area contributed by atoms with E-state index in [0.29, 0.717) is 23.2 Å². The number of nitrogens with one attached hydrogen (secondary N) is 1. The van der Waals surface area contributed by atoms with E-state index in [4.69, 9.17) is 22.1 Å². The van der Waals surface area contributed by atoms with E-state index in [1.165, 1.54) is 50.0 Å². The Labute approximate surface area is 305 Å². The molecule has 3 N–H and O–H groups in total. The van der Waals surface area contributed by atoms with Gasteiger partial charge in [-0.1, -0.05) is 78.9 Å². The van der Waals surface area contributed by atoms with Gasteiger partial charge in [0.25, 0.3) is 0 Å². The number of carbonyl (C=O) groups excluding carboxylic acids is 1. The second-order valence-electron chi connectivity index (χ2n) is 12.0. The number of nitrogen functional groups attached to an aromatic ring is 1. The van der Waals surface area contributed by atoms with Gasteiger partial charge in [-0.25, -0.2) is 14.4 Å². The van der Waals surface area contributed by atoms with E-state index in [1.807, 2.05) is 41.2 Å². The number of hydrogen-bond acceptors (Lipinski definition) is 7. The van der Waals surface area contributed by atoms with Crippen molar-refractivity contribution in [3.8, 4) is 11.1 Å². The largest absolute Gasteiger partial charge is 0.488 e. The number of aldehydes is 1. The zero-order valence-electron chi connectivity index (χ0n) is 29.2. The van der Waals surface area contributed by atoms with Gasteiger partial charge in [0, 0.05) is 30.4 Å². The van der Waals surface area contributed by atoms with Crippen LogP contribution in [-0.2, 0) is 29.2 Å². The first-order valence-electron chi connectivity index (χ1n) is 16.9. The second kappa shape index (κ2) is 20.6. The first-order chi connectivity index (χ1) is 24.8. The molecular formula is C41H46ClFN6O2. The summed E-state index contributed by atoms with van der Waals surface area (Å²) >= 11 is 5.87. The first-order valence-corrected chi connectivity index (χ1v) is 17.2. The number of aromatic nitrogens is 3. The van der Waals surface area contributed by atoms with Gasteiger partial charge in [0.15, 0.2) is 0 Å².